The van der Waals surface area contributed by atoms with Crippen molar-refractivity contribution < 1.29 is 51.8 Å². The smallest absolute Gasteiger partial charge is 0.267 e. The topological polar surface area (TPSA) is 183 Å². The van der Waals surface area contributed by atoms with E-state index in [1.54, 1.807) is 21.1 Å². The highest BCUT2D eigenvalue weighted by atomic mass is 31.2. The number of rotatable bonds is 28. The van der Waals surface area contributed by atoms with Crippen LogP contribution in [0.2, 0.25) is 0 Å². The molecule has 0 aromatic carbocycles. The minimum atomic E-state index is -4.24. The van der Waals surface area contributed by atoms with E-state index in [0.29, 0.717) is 84.6 Å². The lowest BCUT2D eigenvalue weighted by atomic mass is 10.1. The number of unbranched alkanes of at least 4 members (excludes halogenated alkanes) is 3. The monoisotopic (exact) mass is 598 g/mol. The van der Waals surface area contributed by atoms with Crippen LogP contribution in [0, 0.1) is 0 Å². The van der Waals surface area contributed by atoms with Gasteiger partial charge in [0, 0.05) is 40.2 Å². The van der Waals surface area contributed by atoms with Crippen molar-refractivity contribution >= 4 is 25.5 Å². The van der Waals surface area contributed by atoms with Crippen molar-refractivity contribution in [3.63, 3.8) is 0 Å². The van der Waals surface area contributed by atoms with Gasteiger partial charge in [0.25, 0.3) is 7.82 Å². The molecule has 2 unspecified atom stereocenters. The van der Waals surface area contributed by atoms with Crippen LogP contribution >= 0.6 is 7.82 Å². The molecule has 0 saturated heterocycles. The first-order valence-electron chi connectivity index (χ1n) is 13.8. The molecule has 0 rings (SSSR count). The summed E-state index contributed by atoms with van der Waals surface area (Å²) >= 11 is 0. The maximum atomic E-state index is 12.8. The van der Waals surface area contributed by atoms with E-state index in [0.717, 1.165) is 0 Å². The Kier molecular flexibility index (Phi) is 25.2. The number of carbonyl (C=O) groups is 3. The molecule has 0 fully saturated rings. The van der Waals surface area contributed by atoms with Gasteiger partial charge in [0.1, 0.15) is 6.04 Å². The summed E-state index contributed by atoms with van der Waals surface area (Å²) in [4.78, 5) is 48.4. The molecule has 0 radical (unpaired) electrons. The van der Waals surface area contributed by atoms with E-state index in [2.05, 4.69) is 20.5 Å². The molecular weight excluding hydrogens is 549 g/mol. The molecule has 0 aliphatic rings. The highest BCUT2D eigenvalue weighted by molar-refractivity contribution is 7.45. The Morgan fingerprint density at radius 2 is 1.32 bits per heavy atom. The largest absolute Gasteiger partial charge is 0.756 e. The summed E-state index contributed by atoms with van der Waals surface area (Å²) in [5, 5.41) is 8.40. The van der Waals surface area contributed by atoms with E-state index in [9.17, 15) is 23.8 Å². The number of phosphoric acid groups is 1. The SMILES string of the molecule is CCOP(=O)([O-])OCCCCCNC(=O)C(CCCCNC(=O)CCOCCOC)NC(=O)CCOCCOC. The average molecular weight is 599 g/mol. The molecule has 0 aliphatic carbocycles. The van der Waals surface area contributed by atoms with Crippen LogP contribution in [0.25, 0.3) is 0 Å². The van der Waals surface area contributed by atoms with Crippen molar-refractivity contribution in [2.45, 2.75) is 64.3 Å². The van der Waals surface area contributed by atoms with E-state index in [4.69, 9.17) is 23.5 Å². The molecular formula is C25H49N3O11P-. The van der Waals surface area contributed by atoms with E-state index in [1.165, 1.54) is 0 Å². The summed E-state index contributed by atoms with van der Waals surface area (Å²) in [6.45, 7) is 4.66. The molecule has 14 nitrogen and oxygen atoms in total. The van der Waals surface area contributed by atoms with Gasteiger partial charge in [0.15, 0.2) is 0 Å². The minimum absolute atomic E-state index is 0.0111. The predicted molar refractivity (Wildman–Crippen MR) is 145 cm³/mol. The van der Waals surface area contributed by atoms with Crippen LogP contribution in [0.5, 0.6) is 0 Å². The van der Waals surface area contributed by atoms with Gasteiger partial charge in [-0.2, -0.15) is 0 Å². The second-order valence-electron chi connectivity index (χ2n) is 8.73. The first kappa shape index (κ1) is 38.4. The van der Waals surface area contributed by atoms with Gasteiger partial charge in [-0.25, -0.2) is 0 Å². The third-order valence-corrected chi connectivity index (χ3v) is 6.43. The number of nitrogens with one attached hydrogen (secondary N) is 3. The first-order valence-corrected chi connectivity index (χ1v) is 15.3. The lowest BCUT2D eigenvalue weighted by Crippen LogP contribution is -2.47. The molecule has 236 valence electrons. The molecule has 3 amide bonds. The summed E-state index contributed by atoms with van der Waals surface area (Å²) in [6, 6.07) is -0.725. The van der Waals surface area contributed by atoms with Gasteiger partial charge >= 0.3 is 0 Å². The van der Waals surface area contributed by atoms with Crippen LogP contribution in [0.4, 0.5) is 0 Å². The van der Waals surface area contributed by atoms with Crippen LogP contribution in [0.1, 0.15) is 58.3 Å². The highest BCUT2D eigenvalue weighted by Gasteiger charge is 2.20. The molecule has 3 N–H and O–H groups in total. The molecule has 15 heteroatoms. The normalized spacial score (nSPS) is 13.4. The molecule has 40 heavy (non-hydrogen) atoms. The van der Waals surface area contributed by atoms with Crippen molar-refractivity contribution in [1.29, 1.82) is 0 Å². The molecule has 2 atom stereocenters. The van der Waals surface area contributed by atoms with Gasteiger partial charge in [0.2, 0.25) is 17.7 Å². The van der Waals surface area contributed by atoms with Crippen LogP contribution in [-0.2, 0) is 46.9 Å². The van der Waals surface area contributed by atoms with Crippen LogP contribution in [0.3, 0.4) is 0 Å². The number of methoxy groups -OCH3 is 2. The van der Waals surface area contributed by atoms with Crippen molar-refractivity contribution in [3.8, 4) is 0 Å². The van der Waals surface area contributed by atoms with Gasteiger partial charge in [-0.15, -0.1) is 0 Å². The van der Waals surface area contributed by atoms with Gasteiger partial charge < -0.3 is 48.8 Å². The Labute approximate surface area is 238 Å². The van der Waals surface area contributed by atoms with Crippen LogP contribution in [-0.4, -0.2) is 104 Å². The summed E-state index contributed by atoms with van der Waals surface area (Å²) < 4.78 is 41.0. The Balaban J connectivity index is 4.40. The Morgan fingerprint density at radius 3 is 1.95 bits per heavy atom. The summed E-state index contributed by atoms with van der Waals surface area (Å²) in [5.41, 5.74) is 0. The number of ether oxygens (including phenoxy) is 4. The Morgan fingerprint density at radius 1 is 0.725 bits per heavy atom. The summed E-state index contributed by atoms with van der Waals surface area (Å²) in [7, 11) is -1.10. The summed E-state index contributed by atoms with van der Waals surface area (Å²) in [5.74, 6) is -0.717. The van der Waals surface area contributed by atoms with Crippen molar-refractivity contribution in [2.75, 3.05) is 80.2 Å². The van der Waals surface area contributed by atoms with Gasteiger partial charge in [-0.1, -0.05) is 0 Å². The number of phosphoric ester groups is 1. The third kappa shape index (κ3) is 24.2. The number of amides is 3. The Hall–Kier alpha value is -1.64. The van der Waals surface area contributed by atoms with Crippen molar-refractivity contribution in [1.82, 2.24) is 16.0 Å². The zero-order chi connectivity index (χ0) is 29.9. The second kappa shape index (κ2) is 26.3. The number of hydrogen-bond acceptors (Lipinski definition) is 11. The number of hydrogen-bond donors (Lipinski definition) is 3. The fourth-order valence-electron chi connectivity index (χ4n) is 3.25. The fraction of sp³-hybridized carbons (Fsp3) is 0.880. The lowest BCUT2D eigenvalue weighted by Gasteiger charge is -2.21. The molecule has 0 aromatic rings. The van der Waals surface area contributed by atoms with E-state index in [-0.39, 0.29) is 50.4 Å². The van der Waals surface area contributed by atoms with Gasteiger partial charge in [-0.3, -0.25) is 18.9 Å². The van der Waals surface area contributed by atoms with Gasteiger partial charge in [0.05, 0.1) is 52.9 Å². The molecule has 0 aliphatic heterocycles. The van der Waals surface area contributed by atoms with Crippen molar-refractivity contribution in [3.05, 3.63) is 0 Å². The zero-order valence-corrected chi connectivity index (χ0v) is 25.1. The minimum Gasteiger partial charge on any atom is -0.756 e. The van der Waals surface area contributed by atoms with Crippen LogP contribution < -0.4 is 20.8 Å². The fourth-order valence-corrected chi connectivity index (χ4v) is 4.00. The van der Waals surface area contributed by atoms with E-state index < -0.39 is 13.9 Å². The molecule has 0 bridgehead atoms. The lowest BCUT2D eigenvalue weighted by molar-refractivity contribution is -0.225. The second-order valence-corrected chi connectivity index (χ2v) is 10.1. The molecule has 0 saturated carbocycles. The molecule has 0 spiro atoms. The Bertz CT molecular complexity index is 715. The quantitative estimate of drug-likeness (QED) is 0.0850. The van der Waals surface area contributed by atoms with E-state index in [1.807, 2.05) is 0 Å². The van der Waals surface area contributed by atoms with Crippen LogP contribution in [0.15, 0.2) is 0 Å². The summed E-state index contributed by atoms with van der Waals surface area (Å²) in [6.07, 6.45) is 3.77. The van der Waals surface area contributed by atoms with Crippen molar-refractivity contribution in [2.24, 2.45) is 0 Å². The predicted octanol–water partition coefficient (Wildman–Crippen LogP) is 0.672. The number of carbonyl (C=O) groups excluding carboxylic acids is 3. The maximum Gasteiger partial charge on any atom is 0.267 e. The molecule has 0 aromatic heterocycles. The standard InChI is InChI=1S/C25H50N3O11P/c1-4-38-40(32,33)39-15-9-5-7-14-27-25(31)22(28-24(30)12-17-37-21-19-35-3)10-6-8-13-26-23(29)11-16-36-20-18-34-2/h22H,4-21H2,1-3H3,(H,26,29)(H,27,31)(H,28,30)(H,32,33)/p-1. The third-order valence-electron chi connectivity index (χ3n) is 5.36. The highest BCUT2D eigenvalue weighted by Crippen LogP contribution is 2.37. The first-order chi connectivity index (χ1) is 19.3. The van der Waals surface area contributed by atoms with Gasteiger partial charge in [-0.05, 0) is 45.4 Å². The maximum absolute atomic E-state index is 12.8. The van der Waals surface area contributed by atoms with E-state index >= 15 is 0 Å². The zero-order valence-electron chi connectivity index (χ0n) is 24.2. The average Bonchev–Trinajstić information content (AvgIpc) is 2.91. The molecule has 0 heterocycles.